The molecule has 0 bridgehead atoms. The molecule has 0 aromatic heterocycles. The molecule has 1 amide bonds. The van der Waals surface area contributed by atoms with Crippen molar-refractivity contribution in [2.24, 2.45) is 5.41 Å². The molecule has 0 aliphatic carbocycles. The maximum Gasteiger partial charge on any atom is 0.407 e. The zero-order valence-corrected chi connectivity index (χ0v) is 29.0. The summed E-state index contributed by atoms with van der Waals surface area (Å²) in [4.78, 5) is 37.0. The molecule has 3 aromatic carbocycles. The van der Waals surface area contributed by atoms with Crippen molar-refractivity contribution in [3.63, 3.8) is 0 Å². The third kappa shape index (κ3) is 10.7. The summed E-state index contributed by atoms with van der Waals surface area (Å²) in [5.74, 6) is -0.814. The fourth-order valence-corrected chi connectivity index (χ4v) is 6.39. The number of esters is 2. The predicted molar refractivity (Wildman–Crippen MR) is 179 cm³/mol. The van der Waals surface area contributed by atoms with Crippen LogP contribution in [0.5, 0.6) is 5.75 Å². The molecule has 1 saturated heterocycles. The molecule has 258 valence electrons. The Hall–Kier alpha value is -4.18. The standard InChI is InChI=1S/C36H44NO10P/c1-24-32(37-35(40)44-22-30(27-13-9-7-10-14-27)28-15-11-8-12-16-28)33(31(45-24)23-43-34(39)36(3,4)5)47-48(6,41)46-29-19-17-26(18-20-29)21-42-25(2)38/h7-20,24,30-33H,21-23H2,1-6H3,(H,37,40)/t24-,31+,32?,33?,48?/m0/s1. The molecule has 5 atom stereocenters. The number of ether oxygens (including phenoxy) is 4. The van der Waals surface area contributed by atoms with Crippen molar-refractivity contribution in [3.8, 4) is 5.75 Å². The number of nitrogens with one attached hydrogen (secondary N) is 1. The first-order valence-electron chi connectivity index (χ1n) is 15.8. The van der Waals surface area contributed by atoms with E-state index in [9.17, 15) is 18.9 Å². The Balaban J connectivity index is 1.48. The summed E-state index contributed by atoms with van der Waals surface area (Å²) < 4.78 is 47.9. The summed E-state index contributed by atoms with van der Waals surface area (Å²) in [7, 11) is -3.84. The molecule has 1 N–H and O–H groups in total. The van der Waals surface area contributed by atoms with Gasteiger partial charge in [0, 0.05) is 19.5 Å². The smallest absolute Gasteiger partial charge is 0.407 e. The molecule has 3 aromatic rings. The van der Waals surface area contributed by atoms with Gasteiger partial charge in [-0.25, -0.2) is 9.36 Å². The van der Waals surface area contributed by atoms with E-state index in [1.165, 1.54) is 13.6 Å². The lowest BCUT2D eigenvalue weighted by Gasteiger charge is -2.28. The maximum absolute atomic E-state index is 13.7. The minimum absolute atomic E-state index is 0.0583. The van der Waals surface area contributed by atoms with Crippen molar-refractivity contribution in [3.05, 3.63) is 102 Å². The van der Waals surface area contributed by atoms with Gasteiger partial charge >= 0.3 is 25.6 Å². The van der Waals surface area contributed by atoms with Gasteiger partial charge in [-0.3, -0.25) is 14.1 Å². The second-order valence-electron chi connectivity index (χ2n) is 12.7. The summed E-state index contributed by atoms with van der Waals surface area (Å²) in [5.41, 5.74) is 1.92. The van der Waals surface area contributed by atoms with Crippen LogP contribution >= 0.6 is 7.60 Å². The molecule has 12 heteroatoms. The largest absolute Gasteiger partial charge is 0.462 e. The van der Waals surface area contributed by atoms with Crippen LogP contribution in [0.3, 0.4) is 0 Å². The molecule has 0 radical (unpaired) electrons. The van der Waals surface area contributed by atoms with Crippen LogP contribution in [0, 0.1) is 5.41 Å². The second kappa shape index (κ2) is 16.3. The SMILES string of the molecule is CC(=O)OCc1ccc(OP(C)(=O)OC2C(NC(=O)OCC(c3ccccc3)c3ccccc3)[C@H](C)O[C@@H]2COC(=O)C(C)(C)C)cc1. The highest BCUT2D eigenvalue weighted by atomic mass is 31.2. The van der Waals surface area contributed by atoms with E-state index in [1.807, 2.05) is 60.7 Å². The molecular formula is C36H44NO10P. The summed E-state index contributed by atoms with van der Waals surface area (Å²) in [6, 6.07) is 25.2. The van der Waals surface area contributed by atoms with Crippen molar-refractivity contribution in [2.45, 2.75) is 71.5 Å². The van der Waals surface area contributed by atoms with E-state index in [-0.39, 0.29) is 31.5 Å². The Bertz CT molecular complexity index is 1520. The molecule has 3 unspecified atom stereocenters. The molecule has 0 spiro atoms. The van der Waals surface area contributed by atoms with Gasteiger partial charge in [0.15, 0.2) is 0 Å². The molecule has 1 aliphatic heterocycles. The van der Waals surface area contributed by atoms with Crippen LogP contribution in [0.2, 0.25) is 0 Å². The fraction of sp³-hybridized carbons (Fsp3) is 0.417. The number of hydrogen-bond donors (Lipinski definition) is 1. The Labute approximate surface area is 281 Å². The second-order valence-corrected chi connectivity index (χ2v) is 14.7. The lowest BCUT2D eigenvalue weighted by atomic mass is 9.92. The Kier molecular flexibility index (Phi) is 12.4. The molecule has 48 heavy (non-hydrogen) atoms. The minimum Gasteiger partial charge on any atom is -0.462 e. The Morgan fingerprint density at radius 1 is 0.875 bits per heavy atom. The summed E-state index contributed by atoms with van der Waals surface area (Å²) in [6.07, 6.45) is -3.25. The zero-order chi connectivity index (χ0) is 34.9. The van der Waals surface area contributed by atoms with Gasteiger partial charge in [-0.05, 0) is 56.5 Å². The Morgan fingerprint density at radius 3 is 2.00 bits per heavy atom. The van der Waals surface area contributed by atoms with Crippen molar-refractivity contribution in [2.75, 3.05) is 19.9 Å². The van der Waals surface area contributed by atoms with Crippen LogP contribution in [0.25, 0.3) is 0 Å². The highest BCUT2D eigenvalue weighted by Crippen LogP contribution is 2.48. The van der Waals surface area contributed by atoms with Crippen LogP contribution in [-0.4, -0.2) is 62.3 Å². The lowest BCUT2D eigenvalue weighted by molar-refractivity contribution is -0.158. The molecule has 0 saturated carbocycles. The van der Waals surface area contributed by atoms with E-state index in [2.05, 4.69) is 5.32 Å². The van der Waals surface area contributed by atoms with Crippen molar-refractivity contribution < 1.29 is 46.9 Å². The number of amides is 1. The lowest BCUT2D eigenvalue weighted by Crippen LogP contribution is -2.49. The van der Waals surface area contributed by atoms with Gasteiger partial charge in [0.25, 0.3) is 0 Å². The van der Waals surface area contributed by atoms with Gasteiger partial charge < -0.3 is 28.8 Å². The van der Waals surface area contributed by atoms with Gasteiger partial charge in [0.2, 0.25) is 0 Å². The first kappa shape index (κ1) is 36.7. The average molecular weight is 682 g/mol. The van der Waals surface area contributed by atoms with Gasteiger partial charge in [-0.1, -0.05) is 72.8 Å². The average Bonchev–Trinajstić information content (AvgIpc) is 3.32. The Morgan fingerprint density at radius 2 is 1.46 bits per heavy atom. The van der Waals surface area contributed by atoms with E-state index < -0.39 is 55.4 Å². The molecule has 1 heterocycles. The van der Waals surface area contributed by atoms with Crippen molar-refractivity contribution in [1.29, 1.82) is 0 Å². The third-order valence-corrected chi connectivity index (χ3v) is 8.79. The van der Waals surface area contributed by atoms with E-state index in [4.69, 9.17) is 28.0 Å². The summed E-state index contributed by atoms with van der Waals surface area (Å²) in [5, 5.41) is 2.83. The van der Waals surface area contributed by atoms with Crippen molar-refractivity contribution >= 4 is 25.6 Å². The fourth-order valence-electron chi connectivity index (χ4n) is 5.14. The van der Waals surface area contributed by atoms with Crippen LogP contribution in [-0.2, 0) is 44.2 Å². The molecule has 4 rings (SSSR count). The first-order chi connectivity index (χ1) is 22.7. The van der Waals surface area contributed by atoms with Crippen LogP contribution in [0.1, 0.15) is 57.2 Å². The first-order valence-corrected chi connectivity index (χ1v) is 17.7. The third-order valence-electron chi connectivity index (χ3n) is 7.63. The molecule has 11 nitrogen and oxygen atoms in total. The van der Waals surface area contributed by atoms with Crippen LogP contribution in [0.4, 0.5) is 4.79 Å². The topological polar surface area (TPSA) is 136 Å². The monoisotopic (exact) mass is 681 g/mol. The minimum atomic E-state index is -3.84. The van der Waals surface area contributed by atoms with E-state index >= 15 is 0 Å². The number of carbonyl (C=O) groups excluding carboxylic acids is 3. The van der Waals surface area contributed by atoms with Crippen molar-refractivity contribution in [1.82, 2.24) is 5.32 Å². The van der Waals surface area contributed by atoms with E-state index in [1.54, 1.807) is 52.0 Å². The highest BCUT2D eigenvalue weighted by Gasteiger charge is 2.48. The molecule has 1 aliphatic rings. The quantitative estimate of drug-likeness (QED) is 0.119. The summed E-state index contributed by atoms with van der Waals surface area (Å²) in [6.45, 7) is 9.48. The van der Waals surface area contributed by atoms with Gasteiger partial charge in [0.1, 0.15) is 37.8 Å². The van der Waals surface area contributed by atoms with Gasteiger partial charge in [-0.15, -0.1) is 0 Å². The van der Waals surface area contributed by atoms with E-state index in [0.717, 1.165) is 11.1 Å². The molecule has 1 fully saturated rings. The number of alkyl carbamates (subject to hydrolysis) is 1. The maximum atomic E-state index is 13.7. The number of rotatable bonds is 13. The van der Waals surface area contributed by atoms with Crippen LogP contribution < -0.4 is 9.84 Å². The molecular weight excluding hydrogens is 637 g/mol. The van der Waals surface area contributed by atoms with Gasteiger partial charge in [-0.2, -0.15) is 0 Å². The normalized spacial score (nSPS) is 20.4. The number of hydrogen-bond acceptors (Lipinski definition) is 10. The zero-order valence-electron chi connectivity index (χ0n) is 28.1. The highest BCUT2D eigenvalue weighted by molar-refractivity contribution is 7.53. The predicted octanol–water partition coefficient (Wildman–Crippen LogP) is 6.64. The summed E-state index contributed by atoms with van der Waals surface area (Å²) >= 11 is 0. The van der Waals surface area contributed by atoms with Crippen LogP contribution in [0.15, 0.2) is 84.9 Å². The van der Waals surface area contributed by atoms with E-state index in [0.29, 0.717) is 5.56 Å². The number of benzene rings is 3. The number of carbonyl (C=O) groups is 3. The van der Waals surface area contributed by atoms with Gasteiger partial charge in [0.05, 0.1) is 17.6 Å².